The van der Waals surface area contributed by atoms with E-state index in [1.165, 1.54) is 70.6 Å². The third-order valence-corrected chi connectivity index (χ3v) is 6.92. The summed E-state index contributed by atoms with van der Waals surface area (Å²) in [6.45, 7) is 10.6. The van der Waals surface area contributed by atoms with Crippen molar-refractivity contribution in [3.05, 3.63) is 0 Å². The van der Waals surface area contributed by atoms with Crippen molar-refractivity contribution in [3.63, 3.8) is 0 Å². The Hall–Kier alpha value is -0.220. The summed E-state index contributed by atoms with van der Waals surface area (Å²) in [5, 5.41) is 0. The van der Waals surface area contributed by atoms with Gasteiger partial charge in [-0.3, -0.25) is 4.79 Å². The third-order valence-electron chi connectivity index (χ3n) is 5.63. The number of hydrogen-bond acceptors (Lipinski definition) is 4. The minimum Gasteiger partial charge on any atom is -0.786 e. The summed E-state index contributed by atoms with van der Waals surface area (Å²) < 4.78 is 11.0. The average molecular weight is 445 g/mol. The van der Waals surface area contributed by atoms with Crippen LogP contribution in [-0.2, 0) is 13.8 Å². The fourth-order valence-corrected chi connectivity index (χ4v) is 5.04. The Morgan fingerprint density at radius 2 is 1.13 bits per heavy atom. The SMILES string of the molecule is CCCCCCCCCCCCCCCC(=O)N1CC(C)(C)OP([O-])OC(C)(C)C1. The fraction of sp³-hybridized carbons (Fsp3) is 0.958. The summed E-state index contributed by atoms with van der Waals surface area (Å²) in [7, 11) is -2.17. The highest BCUT2D eigenvalue weighted by Crippen LogP contribution is 2.41. The van der Waals surface area contributed by atoms with E-state index in [1.54, 1.807) is 0 Å². The number of carbonyl (C=O) groups is 1. The molecule has 0 radical (unpaired) electrons. The largest absolute Gasteiger partial charge is 0.786 e. The molecule has 0 atom stereocenters. The summed E-state index contributed by atoms with van der Waals surface area (Å²) in [5.41, 5.74) is -1.34. The highest BCUT2D eigenvalue weighted by atomic mass is 31.2. The molecule has 6 heteroatoms. The van der Waals surface area contributed by atoms with Crippen molar-refractivity contribution in [2.75, 3.05) is 13.1 Å². The molecular formula is C24H47NO4P-. The predicted octanol–water partition coefficient (Wildman–Crippen LogP) is 6.49. The van der Waals surface area contributed by atoms with Crippen LogP contribution in [0.3, 0.4) is 0 Å². The second-order valence-electron chi connectivity index (χ2n) is 10.2. The molecule has 178 valence electrons. The molecular weight excluding hydrogens is 397 g/mol. The van der Waals surface area contributed by atoms with Crippen LogP contribution in [0.25, 0.3) is 0 Å². The molecule has 0 bridgehead atoms. The van der Waals surface area contributed by atoms with Gasteiger partial charge in [0, 0.05) is 19.5 Å². The first-order valence-electron chi connectivity index (χ1n) is 12.3. The van der Waals surface area contributed by atoms with Gasteiger partial charge in [0.25, 0.3) is 0 Å². The van der Waals surface area contributed by atoms with Crippen LogP contribution in [0.1, 0.15) is 125 Å². The van der Waals surface area contributed by atoms with Crippen molar-refractivity contribution >= 4 is 14.5 Å². The van der Waals surface area contributed by atoms with Gasteiger partial charge in [-0.05, 0) is 34.1 Å². The van der Waals surface area contributed by atoms with Crippen LogP contribution < -0.4 is 4.89 Å². The van der Waals surface area contributed by atoms with Crippen LogP contribution in [0.5, 0.6) is 0 Å². The first-order valence-corrected chi connectivity index (χ1v) is 13.4. The number of nitrogens with zero attached hydrogens (tertiary/aromatic N) is 1. The first-order chi connectivity index (χ1) is 14.2. The molecule has 1 fully saturated rings. The summed E-state index contributed by atoms with van der Waals surface area (Å²) in [6.07, 6.45) is 17.5. The van der Waals surface area contributed by atoms with Gasteiger partial charge in [0.15, 0.2) is 0 Å². The van der Waals surface area contributed by atoms with E-state index in [2.05, 4.69) is 6.92 Å². The van der Waals surface area contributed by atoms with Crippen molar-refractivity contribution in [2.24, 2.45) is 0 Å². The fourth-order valence-electron chi connectivity index (χ4n) is 4.08. The van der Waals surface area contributed by atoms with Gasteiger partial charge in [0.05, 0.1) is 19.8 Å². The lowest BCUT2D eigenvalue weighted by atomic mass is 10.0. The molecule has 0 saturated carbocycles. The van der Waals surface area contributed by atoms with Crippen LogP contribution in [0.4, 0.5) is 0 Å². The van der Waals surface area contributed by atoms with Gasteiger partial charge in [-0.2, -0.15) is 0 Å². The molecule has 1 aliphatic rings. The monoisotopic (exact) mass is 444 g/mol. The van der Waals surface area contributed by atoms with E-state index in [0.29, 0.717) is 19.5 Å². The van der Waals surface area contributed by atoms with Crippen molar-refractivity contribution < 1.29 is 18.7 Å². The van der Waals surface area contributed by atoms with Crippen molar-refractivity contribution in [3.8, 4) is 0 Å². The molecule has 5 nitrogen and oxygen atoms in total. The summed E-state index contributed by atoms with van der Waals surface area (Å²) in [6, 6.07) is 0. The van der Waals surface area contributed by atoms with Crippen LogP contribution >= 0.6 is 8.60 Å². The van der Waals surface area contributed by atoms with Crippen LogP contribution in [0, 0.1) is 0 Å². The second kappa shape index (κ2) is 14.8. The van der Waals surface area contributed by atoms with E-state index in [0.717, 1.165) is 12.8 Å². The molecule has 0 aromatic rings. The van der Waals surface area contributed by atoms with Gasteiger partial charge in [-0.1, -0.05) is 84.0 Å². The number of carbonyl (C=O) groups excluding carboxylic acids is 1. The Morgan fingerprint density at radius 3 is 1.53 bits per heavy atom. The van der Waals surface area contributed by atoms with E-state index in [-0.39, 0.29) is 5.91 Å². The molecule has 1 heterocycles. The molecule has 1 saturated heterocycles. The zero-order valence-corrected chi connectivity index (χ0v) is 21.2. The maximum Gasteiger partial charge on any atom is 0.222 e. The molecule has 1 aliphatic heterocycles. The van der Waals surface area contributed by atoms with Gasteiger partial charge >= 0.3 is 0 Å². The lowest BCUT2D eigenvalue weighted by Crippen LogP contribution is -2.52. The zero-order valence-electron chi connectivity index (χ0n) is 20.3. The molecule has 0 N–H and O–H groups in total. The molecule has 1 amide bonds. The standard InChI is InChI=1S/C24H47NO4P/c1-6-7-8-9-10-11-12-13-14-15-16-17-18-19-22(26)25-20-23(2,3)28-30(27)29-24(4,5)21-25/h6-21H2,1-5H3/q-1. The molecule has 0 aromatic heterocycles. The number of unbranched alkanes of at least 4 members (excludes halogenated alkanes) is 12. The van der Waals surface area contributed by atoms with Gasteiger partial charge in [0.1, 0.15) is 0 Å². The van der Waals surface area contributed by atoms with Crippen LogP contribution in [-0.4, -0.2) is 35.1 Å². The number of rotatable bonds is 14. The highest BCUT2D eigenvalue weighted by molar-refractivity contribution is 7.39. The predicted molar refractivity (Wildman–Crippen MR) is 124 cm³/mol. The van der Waals surface area contributed by atoms with E-state index in [9.17, 15) is 9.69 Å². The smallest absolute Gasteiger partial charge is 0.222 e. The number of hydrogen-bond donors (Lipinski definition) is 0. The minimum absolute atomic E-state index is 0.142. The quantitative estimate of drug-likeness (QED) is 0.227. The number of amides is 1. The normalized spacial score (nSPS) is 19.5. The van der Waals surface area contributed by atoms with E-state index < -0.39 is 19.8 Å². The van der Waals surface area contributed by atoms with E-state index >= 15 is 0 Å². The summed E-state index contributed by atoms with van der Waals surface area (Å²) >= 11 is 0. The van der Waals surface area contributed by atoms with E-state index in [4.69, 9.17) is 9.05 Å². The summed E-state index contributed by atoms with van der Waals surface area (Å²) in [4.78, 5) is 26.5. The first kappa shape index (κ1) is 27.8. The molecule has 0 spiro atoms. The summed E-state index contributed by atoms with van der Waals surface area (Å²) in [5.74, 6) is 0.142. The van der Waals surface area contributed by atoms with Gasteiger partial charge in [-0.25, -0.2) is 0 Å². The Bertz CT molecular complexity index is 450. The van der Waals surface area contributed by atoms with Gasteiger partial charge < -0.3 is 18.8 Å². The highest BCUT2D eigenvalue weighted by Gasteiger charge is 2.35. The zero-order chi connectivity index (χ0) is 22.5. The Labute approximate surface area is 187 Å². The molecule has 0 unspecified atom stereocenters. The van der Waals surface area contributed by atoms with E-state index in [1.807, 2.05) is 32.6 Å². The Balaban J connectivity index is 2.14. The lowest BCUT2D eigenvalue weighted by molar-refractivity contribution is -0.228. The Morgan fingerprint density at radius 1 is 0.767 bits per heavy atom. The molecule has 0 aromatic carbocycles. The van der Waals surface area contributed by atoms with Crippen LogP contribution in [0.15, 0.2) is 0 Å². The second-order valence-corrected chi connectivity index (χ2v) is 11.0. The van der Waals surface area contributed by atoms with Crippen molar-refractivity contribution in [1.29, 1.82) is 0 Å². The third kappa shape index (κ3) is 13.2. The van der Waals surface area contributed by atoms with Gasteiger partial charge in [0.2, 0.25) is 5.91 Å². The molecule has 0 aliphatic carbocycles. The topological polar surface area (TPSA) is 61.8 Å². The maximum absolute atomic E-state index is 12.8. The Kier molecular flexibility index (Phi) is 13.7. The van der Waals surface area contributed by atoms with Crippen LogP contribution in [0.2, 0.25) is 0 Å². The molecule has 30 heavy (non-hydrogen) atoms. The minimum atomic E-state index is -2.17. The maximum atomic E-state index is 12.8. The van der Waals surface area contributed by atoms with Gasteiger partial charge in [-0.15, -0.1) is 0 Å². The molecule has 1 rings (SSSR count). The van der Waals surface area contributed by atoms with Crippen molar-refractivity contribution in [2.45, 2.75) is 136 Å². The average Bonchev–Trinajstić information content (AvgIpc) is 2.62. The van der Waals surface area contributed by atoms with Crippen molar-refractivity contribution in [1.82, 2.24) is 4.90 Å². The lowest BCUT2D eigenvalue weighted by Gasteiger charge is -2.45.